The number of hydrogen-bond acceptors (Lipinski definition) is 4. The third kappa shape index (κ3) is 7.80. The normalized spacial score (nSPS) is 15.0. The summed E-state index contributed by atoms with van der Waals surface area (Å²) in [7, 11) is -6.00. The number of ether oxygens (including phenoxy) is 1. The lowest BCUT2D eigenvalue weighted by Gasteiger charge is -2.28. The maximum atomic E-state index is 9.75. The number of hydrogen-bond donors (Lipinski definition) is 0. The van der Waals surface area contributed by atoms with Crippen molar-refractivity contribution in [1.82, 2.24) is 0 Å². The molecule has 0 bridgehead atoms. The van der Waals surface area contributed by atoms with Crippen molar-refractivity contribution in [3.8, 4) is 0 Å². The predicted octanol–water partition coefficient (Wildman–Crippen LogP) is 5.24. The van der Waals surface area contributed by atoms with Crippen molar-refractivity contribution in [2.75, 3.05) is 31.2 Å². The van der Waals surface area contributed by atoms with Crippen LogP contribution in [0.1, 0.15) is 0 Å². The number of morpholine rings is 1. The lowest BCUT2D eigenvalue weighted by atomic mass is 10.2. The second-order valence-electron chi connectivity index (χ2n) is 5.15. The summed E-state index contributed by atoms with van der Waals surface area (Å²) in [6.07, 6.45) is 0. The molecule has 3 rings (SSSR count). The van der Waals surface area contributed by atoms with Crippen LogP contribution in [0.3, 0.4) is 0 Å². The number of nitrogens with zero attached hydrogens (tertiary/aromatic N) is 3. The first-order valence-corrected chi connectivity index (χ1v) is 7.69. The zero-order valence-electron chi connectivity index (χ0n) is 13.4. The van der Waals surface area contributed by atoms with Crippen LogP contribution < -0.4 is 4.90 Å². The second-order valence-corrected chi connectivity index (χ2v) is 5.15. The Hall–Kier alpha value is -2.42. The summed E-state index contributed by atoms with van der Waals surface area (Å²) in [5.41, 5.74) is 2.95. The van der Waals surface area contributed by atoms with Crippen molar-refractivity contribution in [3.05, 3.63) is 54.6 Å². The van der Waals surface area contributed by atoms with Gasteiger partial charge in [-0.05, 0) is 36.4 Å². The van der Waals surface area contributed by atoms with Crippen molar-refractivity contribution in [3.63, 3.8) is 0 Å². The van der Waals surface area contributed by atoms with E-state index in [0.29, 0.717) is 0 Å². The SMILES string of the molecule is F[B-](F)(F)F.c1ccc(N=Nc2ccc(N3CCOCC3)cc2)cc1. The molecule has 4 nitrogen and oxygen atoms in total. The van der Waals surface area contributed by atoms with Gasteiger partial charge in [0.2, 0.25) is 0 Å². The Bertz CT molecular complexity index is 653. The van der Waals surface area contributed by atoms with Crippen LogP contribution in [0.15, 0.2) is 64.8 Å². The lowest BCUT2D eigenvalue weighted by Crippen LogP contribution is -2.36. The van der Waals surface area contributed by atoms with Gasteiger partial charge < -0.3 is 26.9 Å². The number of benzene rings is 2. The van der Waals surface area contributed by atoms with Crippen LogP contribution in [0.5, 0.6) is 0 Å². The van der Waals surface area contributed by atoms with Crippen LogP contribution in [0, 0.1) is 0 Å². The minimum Gasteiger partial charge on any atom is -0.418 e. The summed E-state index contributed by atoms with van der Waals surface area (Å²) in [5.74, 6) is 0. The molecule has 0 aromatic heterocycles. The molecule has 2 aromatic rings. The summed E-state index contributed by atoms with van der Waals surface area (Å²) < 4.78 is 44.4. The van der Waals surface area contributed by atoms with Gasteiger partial charge in [-0.15, -0.1) is 0 Å². The van der Waals surface area contributed by atoms with E-state index in [0.717, 1.165) is 37.7 Å². The third-order valence-corrected chi connectivity index (χ3v) is 3.26. The highest BCUT2D eigenvalue weighted by molar-refractivity contribution is 6.50. The number of azo groups is 1. The molecule has 2 aromatic carbocycles. The van der Waals surface area contributed by atoms with E-state index in [1.54, 1.807) is 0 Å². The fraction of sp³-hybridized carbons (Fsp3) is 0.250. The van der Waals surface area contributed by atoms with Gasteiger partial charge in [-0.1, -0.05) is 18.2 Å². The van der Waals surface area contributed by atoms with Gasteiger partial charge in [-0.2, -0.15) is 10.2 Å². The highest BCUT2D eigenvalue weighted by Crippen LogP contribution is 2.22. The van der Waals surface area contributed by atoms with Crippen molar-refractivity contribution in [1.29, 1.82) is 0 Å². The maximum Gasteiger partial charge on any atom is 0.673 e. The first-order valence-electron chi connectivity index (χ1n) is 7.69. The smallest absolute Gasteiger partial charge is 0.418 e. The Labute approximate surface area is 143 Å². The van der Waals surface area contributed by atoms with Crippen LogP contribution in [-0.2, 0) is 4.74 Å². The molecule has 1 saturated heterocycles. The molecule has 0 radical (unpaired) electrons. The van der Waals surface area contributed by atoms with Crippen LogP contribution in [0.4, 0.5) is 34.3 Å². The summed E-state index contributed by atoms with van der Waals surface area (Å²) in [6, 6.07) is 17.9. The second kappa shape index (κ2) is 9.17. The van der Waals surface area contributed by atoms with E-state index in [2.05, 4.69) is 27.3 Å². The van der Waals surface area contributed by atoms with E-state index >= 15 is 0 Å². The van der Waals surface area contributed by atoms with Gasteiger partial charge in [-0.3, -0.25) is 0 Å². The van der Waals surface area contributed by atoms with Crippen LogP contribution in [0.2, 0.25) is 0 Å². The van der Waals surface area contributed by atoms with Gasteiger partial charge in [0.25, 0.3) is 0 Å². The third-order valence-electron chi connectivity index (χ3n) is 3.26. The topological polar surface area (TPSA) is 37.2 Å². The standard InChI is InChI=1S/C16H17N3O.BF4/c1-2-4-14(5-3-1)17-18-15-6-8-16(9-7-15)19-10-12-20-13-11-19;2-1(3,4)5/h1-9H,10-13H2;/q;-1. The molecule has 0 N–H and O–H groups in total. The van der Waals surface area contributed by atoms with Crippen molar-refractivity contribution >= 4 is 24.3 Å². The van der Waals surface area contributed by atoms with E-state index < -0.39 is 7.25 Å². The van der Waals surface area contributed by atoms with Gasteiger partial charge >= 0.3 is 7.25 Å². The van der Waals surface area contributed by atoms with Gasteiger partial charge in [0, 0.05) is 18.8 Å². The van der Waals surface area contributed by atoms with Crippen LogP contribution in [-0.4, -0.2) is 33.6 Å². The molecule has 0 atom stereocenters. The maximum absolute atomic E-state index is 9.75. The monoisotopic (exact) mass is 354 g/mol. The van der Waals surface area contributed by atoms with E-state index in [4.69, 9.17) is 4.74 Å². The van der Waals surface area contributed by atoms with Gasteiger partial charge in [0.05, 0.1) is 24.6 Å². The molecule has 0 amide bonds. The van der Waals surface area contributed by atoms with Gasteiger partial charge in [0.15, 0.2) is 0 Å². The first-order chi connectivity index (χ1) is 11.9. The average molecular weight is 354 g/mol. The Kier molecular flexibility index (Phi) is 6.94. The lowest BCUT2D eigenvalue weighted by molar-refractivity contribution is 0.122. The number of halogens is 4. The van der Waals surface area contributed by atoms with E-state index in [1.165, 1.54) is 5.69 Å². The fourth-order valence-electron chi connectivity index (χ4n) is 2.16. The highest BCUT2D eigenvalue weighted by Gasteiger charge is 2.20. The Morgan fingerprint density at radius 1 is 0.760 bits per heavy atom. The molecular formula is C16H17BF4N3O-. The van der Waals surface area contributed by atoms with Crippen LogP contribution >= 0.6 is 0 Å². The molecule has 0 saturated carbocycles. The average Bonchev–Trinajstić information content (AvgIpc) is 2.61. The molecule has 0 aliphatic carbocycles. The molecular weight excluding hydrogens is 337 g/mol. The van der Waals surface area contributed by atoms with E-state index in [-0.39, 0.29) is 0 Å². The molecule has 9 heteroatoms. The number of rotatable bonds is 3. The molecule has 1 aliphatic rings. The quantitative estimate of drug-likeness (QED) is 0.430. The molecule has 1 aliphatic heterocycles. The zero-order valence-corrected chi connectivity index (χ0v) is 13.4. The first kappa shape index (κ1) is 18.9. The Morgan fingerprint density at radius 3 is 1.76 bits per heavy atom. The molecule has 1 fully saturated rings. The van der Waals surface area contributed by atoms with Crippen molar-refractivity contribution in [2.45, 2.75) is 0 Å². The molecule has 0 unspecified atom stereocenters. The Morgan fingerprint density at radius 2 is 1.24 bits per heavy atom. The molecule has 134 valence electrons. The summed E-state index contributed by atoms with van der Waals surface area (Å²) in [5, 5.41) is 8.45. The molecule has 25 heavy (non-hydrogen) atoms. The highest BCUT2D eigenvalue weighted by atomic mass is 19.5. The largest absolute Gasteiger partial charge is 0.673 e. The van der Waals surface area contributed by atoms with Crippen molar-refractivity contribution in [2.24, 2.45) is 10.2 Å². The summed E-state index contributed by atoms with van der Waals surface area (Å²) in [4.78, 5) is 2.32. The molecule has 1 heterocycles. The predicted molar refractivity (Wildman–Crippen MR) is 90.3 cm³/mol. The molecule has 0 spiro atoms. The zero-order chi connectivity index (χ0) is 18.1. The van der Waals surface area contributed by atoms with E-state index in [1.807, 2.05) is 42.5 Å². The van der Waals surface area contributed by atoms with Gasteiger partial charge in [0.1, 0.15) is 0 Å². The summed E-state index contributed by atoms with van der Waals surface area (Å²) in [6.45, 7) is 3.50. The van der Waals surface area contributed by atoms with Gasteiger partial charge in [-0.25, -0.2) is 0 Å². The minimum absolute atomic E-state index is 0.801. The summed E-state index contributed by atoms with van der Waals surface area (Å²) >= 11 is 0. The van der Waals surface area contributed by atoms with Crippen molar-refractivity contribution < 1.29 is 22.0 Å². The Balaban J connectivity index is 0.000000399. The minimum atomic E-state index is -6.00. The number of anilines is 1. The van der Waals surface area contributed by atoms with Crippen LogP contribution in [0.25, 0.3) is 0 Å². The van der Waals surface area contributed by atoms with E-state index in [9.17, 15) is 17.3 Å². The fourth-order valence-corrected chi connectivity index (χ4v) is 2.16.